The number of hydrogen-bond acceptors (Lipinski definition) is 5. The molecule has 0 unspecified atom stereocenters. The average Bonchev–Trinajstić information content (AvgIpc) is 2.76. The molecule has 0 aromatic heterocycles. The number of hydrogen-bond donors (Lipinski definition) is 2. The summed E-state index contributed by atoms with van der Waals surface area (Å²) in [6.07, 6.45) is 0.413. The van der Waals surface area contributed by atoms with Gasteiger partial charge in [-0.1, -0.05) is 6.07 Å². The van der Waals surface area contributed by atoms with Gasteiger partial charge in [0.05, 0.1) is 16.3 Å². The molecule has 26 heavy (non-hydrogen) atoms. The highest BCUT2D eigenvalue weighted by molar-refractivity contribution is 7.99. The fourth-order valence-electron chi connectivity index (χ4n) is 2.73. The van der Waals surface area contributed by atoms with Crippen LogP contribution in [0.15, 0.2) is 46.2 Å². The lowest BCUT2D eigenvalue weighted by atomic mass is 10.2. The zero-order valence-electron chi connectivity index (χ0n) is 14.9. The normalized spacial score (nSPS) is 14.2. The van der Waals surface area contributed by atoms with Crippen LogP contribution in [0.3, 0.4) is 0 Å². The number of aryl methyl sites for hydroxylation is 1. The maximum atomic E-state index is 12.8. The molecule has 2 N–H and O–H groups in total. The molecule has 3 rings (SSSR count). The molecule has 1 amide bonds. The van der Waals surface area contributed by atoms with E-state index in [0.717, 1.165) is 16.1 Å². The van der Waals surface area contributed by atoms with Gasteiger partial charge in [-0.2, -0.15) is 0 Å². The highest BCUT2D eigenvalue weighted by atomic mass is 32.2. The number of rotatable bonds is 4. The zero-order valence-corrected chi connectivity index (χ0v) is 16.5. The Morgan fingerprint density at radius 1 is 1.15 bits per heavy atom. The fraction of sp³-hybridized carbons (Fsp3) is 0.278. The van der Waals surface area contributed by atoms with E-state index in [0.29, 0.717) is 23.5 Å². The number of nitrogens with one attached hydrogen (secondary N) is 2. The number of carbonyl (C=O) groups excluding carboxylic acids is 1. The van der Waals surface area contributed by atoms with Crippen molar-refractivity contribution in [2.45, 2.75) is 23.1 Å². The minimum absolute atomic E-state index is 0.104. The summed E-state index contributed by atoms with van der Waals surface area (Å²) >= 11 is 1.54. The maximum Gasteiger partial charge on any atom is 0.261 e. The highest BCUT2D eigenvalue weighted by Crippen LogP contribution is 2.33. The van der Waals surface area contributed by atoms with Crippen LogP contribution in [0.25, 0.3) is 0 Å². The first kappa shape index (κ1) is 18.6. The molecule has 138 valence electrons. The van der Waals surface area contributed by atoms with Crippen LogP contribution >= 0.6 is 11.8 Å². The lowest BCUT2D eigenvalue weighted by Gasteiger charge is -2.18. The molecule has 2 aromatic rings. The Bertz CT molecular complexity index is 956. The van der Waals surface area contributed by atoms with Crippen LogP contribution in [0.5, 0.6) is 0 Å². The van der Waals surface area contributed by atoms with Crippen LogP contribution in [0.4, 0.5) is 17.1 Å². The topological polar surface area (TPSA) is 78.5 Å². The monoisotopic (exact) mass is 391 g/mol. The van der Waals surface area contributed by atoms with Crippen LogP contribution in [0, 0.1) is 6.92 Å². The molecule has 2 aromatic carbocycles. The van der Waals surface area contributed by atoms with E-state index in [1.807, 2.05) is 32.0 Å². The molecular weight excluding hydrogens is 370 g/mol. The third-order valence-electron chi connectivity index (χ3n) is 4.07. The van der Waals surface area contributed by atoms with Crippen LogP contribution < -0.4 is 14.9 Å². The van der Waals surface area contributed by atoms with Gasteiger partial charge in [0.25, 0.3) is 10.0 Å². The van der Waals surface area contributed by atoms with E-state index in [1.54, 1.807) is 24.3 Å². The second kappa shape index (κ2) is 7.20. The van der Waals surface area contributed by atoms with Crippen molar-refractivity contribution >= 4 is 44.8 Å². The van der Waals surface area contributed by atoms with Crippen molar-refractivity contribution in [2.24, 2.45) is 0 Å². The van der Waals surface area contributed by atoms with Crippen molar-refractivity contribution in [3.63, 3.8) is 0 Å². The Morgan fingerprint density at radius 2 is 1.92 bits per heavy atom. The summed E-state index contributed by atoms with van der Waals surface area (Å²) in [6, 6.07) is 10.2. The average molecular weight is 392 g/mol. The minimum atomic E-state index is -3.76. The summed E-state index contributed by atoms with van der Waals surface area (Å²) in [5.41, 5.74) is 3.03. The molecule has 0 saturated carbocycles. The number of anilines is 3. The Hall–Kier alpha value is -2.19. The summed E-state index contributed by atoms with van der Waals surface area (Å²) in [7, 11) is 0.0597. The second-order valence-corrected chi connectivity index (χ2v) is 9.12. The molecule has 0 saturated heterocycles. The van der Waals surface area contributed by atoms with E-state index < -0.39 is 10.0 Å². The molecule has 0 aliphatic carbocycles. The largest absolute Gasteiger partial charge is 0.377 e. The number of thioether (sulfide) groups is 1. The molecule has 8 heteroatoms. The van der Waals surface area contributed by atoms with Gasteiger partial charge in [0.1, 0.15) is 0 Å². The molecule has 6 nitrogen and oxygen atoms in total. The smallest absolute Gasteiger partial charge is 0.261 e. The van der Waals surface area contributed by atoms with Crippen LogP contribution in [0.2, 0.25) is 0 Å². The summed E-state index contributed by atoms with van der Waals surface area (Å²) in [6.45, 7) is 1.97. The molecule has 1 heterocycles. The molecule has 0 atom stereocenters. The van der Waals surface area contributed by atoms with Gasteiger partial charge in [0.2, 0.25) is 5.91 Å². The molecule has 0 fully saturated rings. The number of amides is 1. The van der Waals surface area contributed by atoms with Gasteiger partial charge in [-0.3, -0.25) is 9.52 Å². The van der Waals surface area contributed by atoms with Crippen molar-refractivity contribution in [2.75, 3.05) is 34.8 Å². The van der Waals surface area contributed by atoms with Gasteiger partial charge < -0.3 is 10.2 Å². The third kappa shape index (κ3) is 3.96. The Kier molecular flexibility index (Phi) is 5.15. The summed E-state index contributed by atoms with van der Waals surface area (Å²) in [5.74, 6) is 0.577. The van der Waals surface area contributed by atoms with E-state index in [9.17, 15) is 13.2 Å². The second-order valence-electron chi connectivity index (χ2n) is 6.31. The first-order valence-corrected chi connectivity index (χ1v) is 10.6. The Balaban J connectivity index is 1.92. The molecule has 0 spiro atoms. The van der Waals surface area contributed by atoms with E-state index >= 15 is 0 Å². The third-order valence-corrected chi connectivity index (χ3v) is 6.52. The van der Waals surface area contributed by atoms with Gasteiger partial charge in [-0.15, -0.1) is 11.8 Å². The number of fused-ring (bicyclic) bond motifs is 1. The summed E-state index contributed by atoms with van der Waals surface area (Å²) in [5, 5.41) is 2.77. The Morgan fingerprint density at radius 3 is 2.65 bits per heavy atom. The number of benzene rings is 2. The van der Waals surface area contributed by atoms with Gasteiger partial charge in [-0.25, -0.2) is 8.42 Å². The lowest BCUT2D eigenvalue weighted by Crippen LogP contribution is -2.16. The van der Waals surface area contributed by atoms with Gasteiger partial charge in [-0.05, 0) is 42.8 Å². The van der Waals surface area contributed by atoms with E-state index in [-0.39, 0.29) is 10.8 Å². The molecular formula is C18H21N3O3S2. The molecule has 1 aliphatic rings. The van der Waals surface area contributed by atoms with Crippen molar-refractivity contribution in [1.82, 2.24) is 0 Å². The van der Waals surface area contributed by atoms with Gasteiger partial charge in [0, 0.05) is 36.9 Å². The van der Waals surface area contributed by atoms with Gasteiger partial charge >= 0.3 is 0 Å². The van der Waals surface area contributed by atoms with Crippen molar-refractivity contribution in [3.8, 4) is 0 Å². The maximum absolute atomic E-state index is 12.8. The number of carbonyl (C=O) groups is 1. The summed E-state index contributed by atoms with van der Waals surface area (Å²) in [4.78, 5) is 14.7. The molecule has 0 bridgehead atoms. The van der Waals surface area contributed by atoms with E-state index in [4.69, 9.17) is 0 Å². The molecule has 0 radical (unpaired) electrons. The van der Waals surface area contributed by atoms with Crippen molar-refractivity contribution in [3.05, 3.63) is 42.0 Å². The minimum Gasteiger partial charge on any atom is -0.377 e. The first-order valence-electron chi connectivity index (χ1n) is 8.14. The highest BCUT2D eigenvalue weighted by Gasteiger charge is 2.20. The lowest BCUT2D eigenvalue weighted by molar-refractivity contribution is -0.115. The summed E-state index contributed by atoms with van der Waals surface area (Å²) < 4.78 is 28.2. The van der Waals surface area contributed by atoms with Crippen LogP contribution in [-0.4, -0.2) is 34.2 Å². The standard InChI is InChI=1S/C18H21N3O3S2/c1-12-4-5-13(10-16(12)21(2)3)20-26(23,24)14-6-7-17-15(11-14)19-18(22)8-9-25-17/h4-7,10-11,20H,8-9H2,1-3H3,(H,19,22). The predicted molar refractivity (Wildman–Crippen MR) is 107 cm³/mol. The number of sulfonamides is 1. The van der Waals surface area contributed by atoms with Gasteiger partial charge in [0.15, 0.2) is 0 Å². The first-order chi connectivity index (χ1) is 12.3. The zero-order chi connectivity index (χ0) is 18.9. The fourth-order valence-corrected chi connectivity index (χ4v) is 4.75. The Labute approximate surface area is 158 Å². The van der Waals surface area contributed by atoms with E-state index in [1.165, 1.54) is 17.8 Å². The SMILES string of the molecule is Cc1ccc(NS(=O)(=O)c2ccc3c(c2)NC(=O)CCS3)cc1N(C)C. The quantitative estimate of drug-likeness (QED) is 0.836. The predicted octanol–water partition coefficient (Wildman–Crippen LogP) is 3.30. The van der Waals surface area contributed by atoms with Crippen molar-refractivity contribution < 1.29 is 13.2 Å². The van der Waals surface area contributed by atoms with Crippen LogP contribution in [-0.2, 0) is 14.8 Å². The number of nitrogens with zero attached hydrogens (tertiary/aromatic N) is 1. The molecule has 1 aliphatic heterocycles. The van der Waals surface area contributed by atoms with E-state index in [2.05, 4.69) is 10.0 Å². The van der Waals surface area contributed by atoms with Crippen molar-refractivity contribution in [1.29, 1.82) is 0 Å². The van der Waals surface area contributed by atoms with Crippen LogP contribution in [0.1, 0.15) is 12.0 Å².